The molecule has 2 aromatic rings. The van der Waals surface area contributed by atoms with Crippen LogP contribution in [0.5, 0.6) is 0 Å². The molecule has 1 aliphatic rings. The molecule has 2 heteroatoms. The molecule has 0 aliphatic heterocycles. The molecule has 16 heavy (non-hydrogen) atoms. The van der Waals surface area contributed by atoms with E-state index in [0.29, 0.717) is 0 Å². The van der Waals surface area contributed by atoms with Crippen molar-refractivity contribution in [1.29, 1.82) is 0 Å². The summed E-state index contributed by atoms with van der Waals surface area (Å²) >= 11 is 0. The normalized spacial score (nSPS) is 15.1. The van der Waals surface area contributed by atoms with Crippen LogP contribution in [0.15, 0.2) is 27.4 Å². The van der Waals surface area contributed by atoms with E-state index >= 15 is 0 Å². The molecule has 0 saturated carbocycles. The lowest BCUT2D eigenvalue weighted by Crippen LogP contribution is -2.04. The molecule has 0 saturated heterocycles. The highest BCUT2D eigenvalue weighted by molar-refractivity contribution is 5.81. The van der Waals surface area contributed by atoms with Gasteiger partial charge in [0.2, 0.25) is 0 Å². The molecule has 1 aromatic carbocycles. The maximum Gasteiger partial charge on any atom is 0.336 e. The summed E-state index contributed by atoms with van der Waals surface area (Å²) in [6.07, 6.45) is 4.79. The molecule has 3 rings (SSSR count). The summed E-state index contributed by atoms with van der Waals surface area (Å²) in [6.45, 7) is 1.97. The lowest BCUT2D eigenvalue weighted by atomic mass is 9.90. The summed E-state index contributed by atoms with van der Waals surface area (Å²) in [6, 6.07) is 5.82. The van der Waals surface area contributed by atoms with E-state index < -0.39 is 0 Å². The fourth-order valence-electron chi connectivity index (χ4n) is 2.55. The standard InChI is InChI=1S/C14H14O2/c1-9-6-14(15)16-13-8-11-5-3-2-4-10(11)7-12(9)13/h6-8H,2-5H2,1H3. The van der Waals surface area contributed by atoms with Gasteiger partial charge in [-0.1, -0.05) is 0 Å². The summed E-state index contributed by atoms with van der Waals surface area (Å²) in [7, 11) is 0. The fraction of sp³-hybridized carbons (Fsp3) is 0.357. The lowest BCUT2D eigenvalue weighted by molar-refractivity contribution is 0.558. The minimum atomic E-state index is -0.249. The SMILES string of the molecule is Cc1cc(=O)oc2cc3c(cc12)CCCC3. The van der Waals surface area contributed by atoms with Gasteiger partial charge in [0.15, 0.2) is 0 Å². The summed E-state index contributed by atoms with van der Waals surface area (Å²) < 4.78 is 5.25. The van der Waals surface area contributed by atoms with Crippen LogP contribution in [0.1, 0.15) is 29.5 Å². The maximum absolute atomic E-state index is 11.3. The van der Waals surface area contributed by atoms with Crippen molar-refractivity contribution in [2.45, 2.75) is 32.6 Å². The van der Waals surface area contributed by atoms with Crippen LogP contribution in [-0.4, -0.2) is 0 Å². The van der Waals surface area contributed by atoms with Gasteiger partial charge in [-0.15, -0.1) is 0 Å². The first-order valence-corrected chi connectivity index (χ1v) is 5.80. The molecule has 0 spiro atoms. The summed E-state index contributed by atoms with van der Waals surface area (Å²) in [5.41, 5.74) is 4.29. The molecule has 0 amide bonds. The van der Waals surface area contributed by atoms with Crippen LogP contribution in [0, 0.1) is 6.92 Å². The Hall–Kier alpha value is -1.57. The average Bonchev–Trinajstić information content (AvgIpc) is 2.27. The molecule has 1 aromatic heterocycles. The van der Waals surface area contributed by atoms with E-state index in [-0.39, 0.29) is 5.63 Å². The highest BCUT2D eigenvalue weighted by Gasteiger charge is 2.12. The Balaban J connectivity index is 2.35. The highest BCUT2D eigenvalue weighted by Crippen LogP contribution is 2.27. The smallest absolute Gasteiger partial charge is 0.336 e. The van der Waals surface area contributed by atoms with Crippen LogP contribution in [0.25, 0.3) is 11.0 Å². The number of fused-ring (bicyclic) bond motifs is 2. The van der Waals surface area contributed by atoms with Crippen molar-refractivity contribution >= 4 is 11.0 Å². The van der Waals surface area contributed by atoms with E-state index in [1.165, 1.54) is 24.0 Å². The summed E-state index contributed by atoms with van der Waals surface area (Å²) in [4.78, 5) is 11.3. The Morgan fingerprint density at radius 1 is 1.06 bits per heavy atom. The van der Waals surface area contributed by atoms with Crippen molar-refractivity contribution in [2.24, 2.45) is 0 Å². The van der Waals surface area contributed by atoms with Crippen molar-refractivity contribution in [3.8, 4) is 0 Å². The number of benzene rings is 1. The van der Waals surface area contributed by atoms with E-state index in [1.807, 2.05) is 6.92 Å². The van der Waals surface area contributed by atoms with Crippen LogP contribution in [-0.2, 0) is 12.8 Å². The van der Waals surface area contributed by atoms with Crippen LogP contribution >= 0.6 is 0 Å². The van der Waals surface area contributed by atoms with Gasteiger partial charge < -0.3 is 4.42 Å². The third-order valence-corrected chi connectivity index (χ3v) is 3.41. The van der Waals surface area contributed by atoms with Gasteiger partial charge in [0.05, 0.1) is 0 Å². The molecule has 0 N–H and O–H groups in total. The third-order valence-electron chi connectivity index (χ3n) is 3.41. The van der Waals surface area contributed by atoms with E-state index in [0.717, 1.165) is 29.4 Å². The second-order valence-electron chi connectivity index (χ2n) is 4.57. The summed E-state index contributed by atoms with van der Waals surface area (Å²) in [5.74, 6) is 0. The Morgan fingerprint density at radius 3 is 2.50 bits per heavy atom. The monoisotopic (exact) mass is 214 g/mol. The zero-order chi connectivity index (χ0) is 11.1. The molecule has 1 aliphatic carbocycles. The number of aryl methyl sites for hydroxylation is 3. The van der Waals surface area contributed by atoms with Crippen LogP contribution in [0.4, 0.5) is 0 Å². The molecule has 0 bridgehead atoms. The van der Waals surface area contributed by atoms with Gasteiger partial charge in [0, 0.05) is 11.5 Å². The van der Waals surface area contributed by atoms with E-state index in [1.54, 1.807) is 6.07 Å². The second kappa shape index (κ2) is 3.48. The highest BCUT2D eigenvalue weighted by atomic mass is 16.4. The Morgan fingerprint density at radius 2 is 1.75 bits per heavy atom. The van der Waals surface area contributed by atoms with E-state index in [2.05, 4.69) is 12.1 Å². The fourth-order valence-corrected chi connectivity index (χ4v) is 2.55. The van der Waals surface area contributed by atoms with Gasteiger partial charge in [0.25, 0.3) is 0 Å². The van der Waals surface area contributed by atoms with Gasteiger partial charge in [-0.3, -0.25) is 0 Å². The van der Waals surface area contributed by atoms with Crippen LogP contribution < -0.4 is 5.63 Å². The average molecular weight is 214 g/mol. The van der Waals surface area contributed by atoms with Crippen molar-refractivity contribution < 1.29 is 4.42 Å². The van der Waals surface area contributed by atoms with E-state index in [4.69, 9.17) is 4.42 Å². The zero-order valence-electron chi connectivity index (χ0n) is 9.38. The third kappa shape index (κ3) is 1.45. The Kier molecular flexibility index (Phi) is 2.10. The van der Waals surface area contributed by atoms with Gasteiger partial charge in [-0.25, -0.2) is 4.79 Å². The van der Waals surface area contributed by atoms with Crippen molar-refractivity contribution in [2.75, 3.05) is 0 Å². The minimum Gasteiger partial charge on any atom is -0.423 e. The number of hydrogen-bond donors (Lipinski definition) is 0. The topological polar surface area (TPSA) is 30.2 Å². The largest absolute Gasteiger partial charge is 0.423 e. The Bertz CT molecular complexity index is 608. The van der Waals surface area contributed by atoms with Crippen LogP contribution in [0.3, 0.4) is 0 Å². The molecule has 2 nitrogen and oxygen atoms in total. The Labute approximate surface area is 93.9 Å². The molecular formula is C14H14O2. The first-order chi connectivity index (χ1) is 7.74. The molecule has 0 atom stereocenters. The number of hydrogen-bond acceptors (Lipinski definition) is 2. The minimum absolute atomic E-state index is 0.249. The quantitative estimate of drug-likeness (QED) is 0.631. The lowest BCUT2D eigenvalue weighted by Gasteiger charge is -2.16. The van der Waals surface area contributed by atoms with Crippen LogP contribution in [0.2, 0.25) is 0 Å². The molecule has 0 radical (unpaired) electrons. The van der Waals surface area contributed by atoms with Crippen molar-refractivity contribution in [3.05, 3.63) is 45.3 Å². The first kappa shape index (κ1) is 9.64. The van der Waals surface area contributed by atoms with E-state index in [9.17, 15) is 4.79 Å². The zero-order valence-corrected chi connectivity index (χ0v) is 9.38. The summed E-state index contributed by atoms with van der Waals surface area (Å²) in [5, 5.41) is 1.08. The van der Waals surface area contributed by atoms with Crippen molar-refractivity contribution in [1.82, 2.24) is 0 Å². The van der Waals surface area contributed by atoms with Gasteiger partial charge >= 0.3 is 5.63 Å². The molecule has 0 unspecified atom stereocenters. The van der Waals surface area contributed by atoms with Crippen molar-refractivity contribution in [3.63, 3.8) is 0 Å². The maximum atomic E-state index is 11.3. The van der Waals surface area contributed by atoms with Gasteiger partial charge in [-0.05, 0) is 61.4 Å². The predicted octanol–water partition coefficient (Wildman–Crippen LogP) is 2.98. The molecule has 1 heterocycles. The van der Waals surface area contributed by atoms with Gasteiger partial charge in [-0.2, -0.15) is 0 Å². The van der Waals surface area contributed by atoms with Gasteiger partial charge in [0.1, 0.15) is 5.58 Å². The molecule has 82 valence electrons. The first-order valence-electron chi connectivity index (χ1n) is 5.80. The number of rotatable bonds is 0. The predicted molar refractivity (Wildman–Crippen MR) is 63.9 cm³/mol. The molecular weight excluding hydrogens is 200 g/mol. The molecule has 0 fully saturated rings. The second-order valence-corrected chi connectivity index (χ2v) is 4.57.